The average Bonchev–Trinajstić information content (AvgIpc) is 2.74. The van der Waals surface area contributed by atoms with Gasteiger partial charge in [-0.25, -0.2) is 12.7 Å². The lowest BCUT2D eigenvalue weighted by atomic mass is 9.99. The van der Waals surface area contributed by atoms with Crippen LogP contribution in [0.15, 0.2) is 0 Å². The summed E-state index contributed by atoms with van der Waals surface area (Å²) >= 11 is 0. The summed E-state index contributed by atoms with van der Waals surface area (Å²) in [6, 6.07) is 0.238. The number of sulfonamides is 1. The van der Waals surface area contributed by atoms with Crippen molar-refractivity contribution in [1.82, 2.24) is 14.9 Å². The van der Waals surface area contributed by atoms with Gasteiger partial charge in [0.25, 0.3) is 0 Å². The molecule has 2 fully saturated rings. The molecule has 0 radical (unpaired) electrons. The van der Waals surface area contributed by atoms with E-state index in [-0.39, 0.29) is 11.9 Å². The van der Waals surface area contributed by atoms with Gasteiger partial charge in [0.2, 0.25) is 15.9 Å². The third kappa shape index (κ3) is 4.43. The van der Waals surface area contributed by atoms with Gasteiger partial charge in [-0.3, -0.25) is 4.79 Å². The van der Waals surface area contributed by atoms with E-state index in [2.05, 4.69) is 10.6 Å². The summed E-state index contributed by atoms with van der Waals surface area (Å²) in [6.45, 7) is 2.86. The number of hydrogen-bond acceptors (Lipinski definition) is 4. The quantitative estimate of drug-likeness (QED) is 0.717. The molecule has 2 N–H and O–H groups in total. The van der Waals surface area contributed by atoms with Crippen molar-refractivity contribution in [2.75, 3.05) is 32.4 Å². The number of rotatable bonds is 5. The van der Waals surface area contributed by atoms with E-state index >= 15 is 0 Å². The molecule has 2 aliphatic rings. The maximum Gasteiger partial charge on any atom is 0.220 e. The molecule has 0 aromatic carbocycles. The molecule has 2 unspecified atom stereocenters. The molecule has 0 saturated carbocycles. The van der Waals surface area contributed by atoms with Crippen molar-refractivity contribution in [2.24, 2.45) is 5.92 Å². The van der Waals surface area contributed by atoms with Gasteiger partial charge in [0, 0.05) is 32.1 Å². The Bertz CT molecular complexity index is 424. The van der Waals surface area contributed by atoms with Gasteiger partial charge in [-0.1, -0.05) is 0 Å². The number of carbonyl (C=O) groups is 1. The van der Waals surface area contributed by atoms with Crippen molar-refractivity contribution in [1.29, 1.82) is 0 Å². The number of nitrogens with zero attached hydrogens (tertiary/aromatic N) is 1. The van der Waals surface area contributed by atoms with Crippen LogP contribution in [-0.2, 0) is 14.8 Å². The van der Waals surface area contributed by atoms with Gasteiger partial charge in [0.05, 0.1) is 6.26 Å². The van der Waals surface area contributed by atoms with Gasteiger partial charge >= 0.3 is 0 Å². The predicted octanol–water partition coefficient (Wildman–Crippen LogP) is -0.474. The van der Waals surface area contributed by atoms with E-state index in [9.17, 15) is 13.2 Å². The molecule has 2 atom stereocenters. The second-order valence-corrected chi connectivity index (χ2v) is 7.57. The highest BCUT2D eigenvalue weighted by atomic mass is 32.2. The van der Waals surface area contributed by atoms with Crippen LogP contribution in [-0.4, -0.2) is 57.1 Å². The van der Waals surface area contributed by atoms with Crippen LogP contribution in [0.4, 0.5) is 0 Å². The van der Waals surface area contributed by atoms with Gasteiger partial charge in [0.1, 0.15) is 0 Å². The second kappa shape index (κ2) is 6.19. The largest absolute Gasteiger partial charge is 0.352 e. The molecule has 1 amide bonds. The van der Waals surface area contributed by atoms with E-state index in [4.69, 9.17) is 0 Å². The first-order valence-corrected chi connectivity index (χ1v) is 8.75. The summed E-state index contributed by atoms with van der Waals surface area (Å²) in [7, 11) is -3.06. The molecule has 6 nitrogen and oxygen atoms in total. The molecule has 0 spiro atoms. The zero-order valence-corrected chi connectivity index (χ0v) is 12.2. The molecule has 7 heteroatoms. The smallest absolute Gasteiger partial charge is 0.220 e. The third-order valence-corrected chi connectivity index (χ3v) is 5.13. The second-order valence-electron chi connectivity index (χ2n) is 5.59. The minimum atomic E-state index is -3.06. The zero-order chi connectivity index (χ0) is 13.9. The summed E-state index contributed by atoms with van der Waals surface area (Å²) < 4.78 is 24.6. The highest BCUT2D eigenvalue weighted by Crippen LogP contribution is 2.18. The molecule has 2 heterocycles. The fourth-order valence-corrected chi connectivity index (χ4v) is 3.73. The first kappa shape index (κ1) is 14.7. The average molecular weight is 289 g/mol. The molecule has 2 rings (SSSR count). The predicted molar refractivity (Wildman–Crippen MR) is 73.2 cm³/mol. The van der Waals surface area contributed by atoms with Crippen LogP contribution in [0.2, 0.25) is 0 Å². The summed E-state index contributed by atoms with van der Waals surface area (Å²) in [5.41, 5.74) is 0. The van der Waals surface area contributed by atoms with E-state index in [1.165, 1.54) is 6.26 Å². The number of nitrogens with one attached hydrogen (secondary N) is 2. The summed E-state index contributed by atoms with van der Waals surface area (Å²) in [5.74, 6) is 0.508. The first-order chi connectivity index (χ1) is 8.95. The van der Waals surface area contributed by atoms with E-state index in [1.54, 1.807) is 4.31 Å². The molecule has 0 bridgehead atoms. The number of hydrogen-bond donors (Lipinski definition) is 2. The molecular formula is C12H23N3O3S. The van der Waals surface area contributed by atoms with E-state index < -0.39 is 10.0 Å². The number of amides is 1. The summed E-state index contributed by atoms with van der Waals surface area (Å²) in [4.78, 5) is 11.1. The third-order valence-electron chi connectivity index (χ3n) is 3.86. The van der Waals surface area contributed by atoms with Crippen molar-refractivity contribution < 1.29 is 13.2 Å². The van der Waals surface area contributed by atoms with Crippen LogP contribution in [0.5, 0.6) is 0 Å². The summed E-state index contributed by atoms with van der Waals surface area (Å²) in [6.07, 6.45) is 4.79. The Balaban J connectivity index is 1.69. The fourth-order valence-electron chi connectivity index (χ4n) is 2.79. The Morgan fingerprint density at radius 3 is 2.79 bits per heavy atom. The fraction of sp³-hybridized carbons (Fsp3) is 0.917. The summed E-state index contributed by atoms with van der Waals surface area (Å²) in [5, 5.41) is 6.27. The molecule has 110 valence electrons. The molecule has 0 aliphatic carbocycles. The maximum atomic E-state index is 11.5. The molecule has 0 aromatic rings. The Labute approximate surface area is 115 Å². The number of piperidine rings is 1. The highest BCUT2D eigenvalue weighted by molar-refractivity contribution is 7.88. The van der Waals surface area contributed by atoms with Gasteiger partial charge in [-0.05, 0) is 31.7 Å². The van der Waals surface area contributed by atoms with E-state index in [0.29, 0.717) is 25.4 Å². The normalized spacial score (nSPS) is 29.4. The topological polar surface area (TPSA) is 78.5 Å². The Hall–Kier alpha value is -0.660. The molecule has 0 aromatic heterocycles. The van der Waals surface area contributed by atoms with Gasteiger partial charge in [-0.15, -0.1) is 0 Å². The van der Waals surface area contributed by atoms with E-state index in [0.717, 1.165) is 32.4 Å². The minimum absolute atomic E-state index is 0.132. The Morgan fingerprint density at radius 2 is 2.16 bits per heavy atom. The molecule has 19 heavy (non-hydrogen) atoms. The van der Waals surface area contributed by atoms with Crippen LogP contribution in [0.1, 0.15) is 25.7 Å². The standard InChI is InChI=1S/C12H23N3O3S/c1-19(17,18)15-6-2-3-10(9-15)7-13-8-11-4-5-12(16)14-11/h10-11,13H,2-9H2,1H3,(H,14,16). The maximum absolute atomic E-state index is 11.5. The van der Waals surface area contributed by atoms with Gasteiger partial charge in [-0.2, -0.15) is 0 Å². The molecule has 2 aliphatic heterocycles. The van der Waals surface area contributed by atoms with Crippen LogP contribution in [0.3, 0.4) is 0 Å². The Morgan fingerprint density at radius 1 is 1.37 bits per heavy atom. The van der Waals surface area contributed by atoms with E-state index in [1.807, 2.05) is 0 Å². The zero-order valence-electron chi connectivity index (χ0n) is 11.4. The van der Waals surface area contributed by atoms with Crippen molar-refractivity contribution in [3.05, 3.63) is 0 Å². The van der Waals surface area contributed by atoms with Crippen molar-refractivity contribution >= 4 is 15.9 Å². The lowest BCUT2D eigenvalue weighted by molar-refractivity contribution is -0.119. The van der Waals surface area contributed by atoms with Gasteiger partial charge < -0.3 is 10.6 Å². The first-order valence-electron chi connectivity index (χ1n) is 6.90. The lowest BCUT2D eigenvalue weighted by Crippen LogP contribution is -2.44. The van der Waals surface area contributed by atoms with Crippen LogP contribution >= 0.6 is 0 Å². The van der Waals surface area contributed by atoms with Crippen molar-refractivity contribution in [3.63, 3.8) is 0 Å². The van der Waals surface area contributed by atoms with Gasteiger partial charge in [0.15, 0.2) is 0 Å². The minimum Gasteiger partial charge on any atom is -0.352 e. The van der Waals surface area contributed by atoms with Crippen LogP contribution in [0, 0.1) is 5.92 Å². The van der Waals surface area contributed by atoms with Crippen molar-refractivity contribution in [3.8, 4) is 0 Å². The van der Waals surface area contributed by atoms with Crippen LogP contribution in [0.25, 0.3) is 0 Å². The lowest BCUT2D eigenvalue weighted by Gasteiger charge is -2.31. The molecular weight excluding hydrogens is 266 g/mol. The highest BCUT2D eigenvalue weighted by Gasteiger charge is 2.26. The monoisotopic (exact) mass is 289 g/mol. The Kier molecular flexibility index (Phi) is 4.81. The SMILES string of the molecule is CS(=O)(=O)N1CCCC(CNCC2CCC(=O)N2)C1. The van der Waals surface area contributed by atoms with Crippen molar-refractivity contribution in [2.45, 2.75) is 31.7 Å². The number of carbonyl (C=O) groups excluding carboxylic acids is 1. The van der Waals surface area contributed by atoms with Crippen LogP contribution < -0.4 is 10.6 Å². The molecule has 2 saturated heterocycles.